The van der Waals surface area contributed by atoms with E-state index in [-0.39, 0.29) is 18.0 Å². The fourth-order valence-corrected chi connectivity index (χ4v) is 1.52. The van der Waals surface area contributed by atoms with Gasteiger partial charge in [0, 0.05) is 23.5 Å². The number of carbonyl (C=O) groups is 2. The van der Waals surface area contributed by atoms with Gasteiger partial charge < -0.3 is 0 Å². The molecule has 3 nitrogen and oxygen atoms in total. The maximum atomic E-state index is 12.7. The first kappa shape index (κ1) is 12.1. The van der Waals surface area contributed by atoms with E-state index in [1.165, 1.54) is 36.7 Å². The maximum absolute atomic E-state index is 12.7. The highest BCUT2D eigenvalue weighted by atomic mass is 19.1. The van der Waals surface area contributed by atoms with Gasteiger partial charge in [0.1, 0.15) is 5.82 Å². The van der Waals surface area contributed by atoms with Gasteiger partial charge in [0.05, 0.1) is 6.42 Å². The highest BCUT2D eigenvalue weighted by molar-refractivity contribution is 6.13. The predicted octanol–water partition coefficient (Wildman–Crippen LogP) is 2.68. The van der Waals surface area contributed by atoms with Crippen LogP contribution < -0.4 is 0 Å². The van der Waals surface area contributed by atoms with E-state index >= 15 is 0 Å². The molecule has 0 aliphatic carbocycles. The highest BCUT2D eigenvalue weighted by Gasteiger charge is 2.13. The van der Waals surface area contributed by atoms with Gasteiger partial charge >= 0.3 is 0 Å². The third kappa shape index (κ3) is 2.85. The minimum atomic E-state index is -0.410. The summed E-state index contributed by atoms with van der Waals surface area (Å²) in [6.07, 6.45) is 2.76. The third-order valence-electron chi connectivity index (χ3n) is 2.49. The number of carbonyl (C=O) groups excluding carboxylic acids is 2. The summed E-state index contributed by atoms with van der Waals surface area (Å²) in [5.41, 5.74) is 0.777. The SMILES string of the molecule is O=C(CC(=O)c1ccc(F)cc1)c1ccncc1. The molecule has 0 spiro atoms. The van der Waals surface area contributed by atoms with Crippen molar-refractivity contribution in [3.63, 3.8) is 0 Å². The van der Waals surface area contributed by atoms with Gasteiger partial charge in [-0.25, -0.2) is 4.39 Å². The van der Waals surface area contributed by atoms with E-state index in [1.807, 2.05) is 0 Å². The molecule has 1 aromatic carbocycles. The van der Waals surface area contributed by atoms with Gasteiger partial charge in [0.15, 0.2) is 11.6 Å². The van der Waals surface area contributed by atoms with Crippen LogP contribution in [-0.4, -0.2) is 16.6 Å². The molecule has 2 rings (SSSR count). The van der Waals surface area contributed by atoms with Gasteiger partial charge in [-0.1, -0.05) is 0 Å². The predicted molar refractivity (Wildman–Crippen MR) is 63.9 cm³/mol. The number of halogens is 1. The summed E-state index contributed by atoms with van der Waals surface area (Å²) in [7, 11) is 0. The van der Waals surface area contributed by atoms with Crippen LogP contribution in [0.2, 0.25) is 0 Å². The van der Waals surface area contributed by atoms with E-state index in [1.54, 1.807) is 12.1 Å². The van der Waals surface area contributed by atoms with Crippen LogP contribution in [-0.2, 0) is 0 Å². The second kappa shape index (κ2) is 5.31. The van der Waals surface area contributed by atoms with E-state index < -0.39 is 5.82 Å². The molecule has 0 atom stereocenters. The first-order valence-electron chi connectivity index (χ1n) is 5.39. The van der Waals surface area contributed by atoms with Crippen molar-refractivity contribution in [2.75, 3.05) is 0 Å². The van der Waals surface area contributed by atoms with Gasteiger partial charge in [0.25, 0.3) is 0 Å². The van der Waals surface area contributed by atoms with E-state index in [4.69, 9.17) is 0 Å². The van der Waals surface area contributed by atoms with Gasteiger partial charge in [0.2, 0.25) is 0 Å². The molecule has 1 heterocycles. The normalized spacial score (nSPS) is 10.1. The zero-order valence-corrected chi connectivity index (χ0v) is 9.47. The third-order valence-corrected chi connectivity index (χ3v) is 2.49. The molecule has 18 heavy (non-hydrogen) atoms. The lowest BCUT2D eigenvalue weighted by molar-refractivity contribution is 0.0894. The summed E-state index contributed by atoms with van der Waals surface area (Å²) in [5, 5.41) is 0. The number of pyridine rings is 1. The van der Waals surface area contributed by atoms with Crippen molar-refractivity contribution in [1.82, 2.24) is 4.98 Å². The molecule has 0 N–H and O–H groups in total. The first-order chi connectivity index (χ1) is 8.66. The van der Waals surface area contributed by atoms with Crippen LogP contribution in [0.15, 0.2) is 48.8 Å². The Bertz CT molecular complexity index is 564. The highest BCUT2D eigenvalue weighted by Crippen LogP contribution is 2.09. The van der Waals surface area contributed by atoms with Crippen LogP contribution in [0.4, 0.5) is 4.39 Å². The van der Waals surface area contributed by atoms with Gasteiger partial charge in [-0.3, -0.25) is 14.6 Å². The Morgan fingerprint density at radius 1 is 0.889 bits per heavy atom. The second-order valence-electron chi connectivity index (χ2n) is 3.77. The largest absolute Gasteiger partial charge is 0.294 e. The number of ketones is 2. The molecule has 0 amide bonds. The number of benzene rings is 1. The number of hydrogen-bond donors (Lipinski definition) is 0. The summed E-state index contributed by atoms with van der Waals surface area (Å²) in [4.78, 5) is 27.3. The summed E-state index contributed by atoms with van der Waals surface area (Å²) >= 11 is 0. The van der Waals surface area contributed by atoms with E-state index in [0.717, 1.165) is 0 Å². The zero-order valence-electron chi connectivity index (χ0n) is 9.47. The molecule has 0 aliphatic heterocycles. The molecule has 0 saturated heterocycles. The number of rotatable bonds is 4. The van der Waals surface area contributed by atoms with Gasteiger partial charge in [-0.15, -0.1) is 0 Å². The number of aromatic nitrogens is 1. The standard InChI is InChI=1S/C14H10FNO2/c15-12-3-1-10(2-4-12)13(17)9-14(18)11-5-7-16-8-6-11/h1-8H,9H2. The Morgan fingerprint density at radius 2 is 1.39 bits per heavy atom. The molecule has 90 valence electrons. The summed E-state index contributed by atoms with van der Waals surface area (Å²) in [6.45, 7) is 0. The molecule has 0 fully saturated rings. The van der Waals surface area contributed by atoms with Crippen LogP contribution >= 0.6 is 0 Å². The minimum absolute atomic E-state index is 0.227. The van der Waals surface area contributed by atoms with Gasteiger partial charge in [-0.05, 0) is 36.4 Å². The summed E-state index contributed by atoms with van der Waals surface area (Å²) < 4.78 is 12.7. The van der Waals surface area contributed by atoms with Crippen molar-refractivity contribution < 1.29 is 14.0 Å². The Hall–Kier alpha value is -2.36. The van der Waals surface area contributed by atoms with Crippen LogP contribution in [0.25, 0.3) is 0 Å². The molecule has 0 aliphatic rings. The Kier molecular flexibility index (Phi) is 3.57. The lowest BCUT2D eigenvalue weighted by Crippen LogP contribution is -2.08. The van der Waals surface area contributed by atoms with Crippen LogP contribution in [0.5, 0.6) is 0 Å². The maximum Gasteiger partial charge on any atom is 0.170 e. The average molecular weight is 243 g/mol. The molecule has 0 saturated carbocycles. The van der Waals surface area contributed by atoms with Crippen molar-refractivity contribution >= 4 is 11.6 Å². The van der Waals surface area contributed by atoms with Crippen molar-refractivity contribution in [3.8, 4) is 0 Å². The molecular formula is C14H10FNO2. The van der Waals surface area contributed by atoms with Crippen LogP contribution in [0, 0.1) is 5.82 Å². The number of Topliss-reactive ketones (excluding diaryl/α,β-unsaturated/α-hetero) is 2. The zero-order chi connectivity index (χ0) is 13.0. The van der Waals surface area contributed by atoms with E-state index in [2.05, 4.69) is 4.98 Å². The topological polar surface area (TPSA) is 47.0 Å². The van der Waals surface area contributed by atoms with E-state index in [0.29, 0.717) is 11.1 Å². The molecule has 1 aromatic heterocycles. The molecule has 4 heteroatoms. The van der Waals surface area contributed by atoms with Crippen molar-refractivity contribution in [2.45, 2.75) is 6.42 Å². The van der Waals surface area contributed by atoms with Gasteiger partial charge in [-0.2, -0.15) is 0 Å². The summed E-state index contributed by atoms with van der Waals surface area (Å²) in [6, 6.07) is 8.25. The Labute approximate surface area is 103 Å². The monoisotopic (exact) mass is 243 g/mol. The number of hydrogen-bond acceptors (Lipinski definition) is 3. The lowest BCUT2D eigenvalue weighted by atomic mass is 10.0. The Morgan fingerprint density at radius 3 is 1.94 bits per heavy atom. The van der Waals surface area contributed by atoms with Crippen LogP contribution in [0.3, 0.4) is 0 Å². The van der Waals surface area contributed by atoms with Crippen molar-refractivity contribution in [2.24, 2.45) is 0 Å². The first-order valence-corrected chi connectivity index (χ1v) is 5.39. The van der Waals surface area contributed by atoms with E-state index in [9.17, 15) is 14.0 Å². The molecule has 0 bridgehead atoms. The van der Waals surface area contributed by atoms with Crippen molar-refractivity contribution in [1.29, 1.82) is 0 Å². The molecule has 2 aromatic rings. The quantitative estimate of drug-likeness (QED) is 0.612. The fraction of sp³-hybridized carbons (Fsp3) is 0.0714. The minimum Gasteiger partial charge on any atom is -0.294 e. The Balaban J connectivity index is 2.08. The van der Waals surface area contributed by atoms with Crippen LogP contribution in [0.1, 0.15) is 27.1 Å². The summed E-state index contributed by atoms with van der Waals surface area (Å²) in [5.74, 6) is -1.00. The lowest BCUT2D eigenvalue weighted by Gasteiger charge is -2.01. The average Bonchev–Trinajstić information content (AvgIpc) is 2.40. The molecular weight excluding hydrogens is 233 g/mol. The smallest absolute Gasteiger partial charge is 0.170 e. The second-order valence-corrected chi connectivity index (χ2v) is 3.77. The molecule has 0 unspecified atom stereocenters. The molecule has 0 radical (unpaired) electrons. The fourth-order valence-electron chi connectivity index (χ4n) is 1.52. The number of nitrogens with zero attached hydrogens (tertiary/aromatic N) is 1. The van der Waals surface area contributed by atoms with Crippen molar-refractivity contribution in [3.05, 3.63) is 65.7 Å².